The average molecular weight is 225 g/mol. The fourth-order valence-electron chi connectivity index (χ4n) is 1.64. The summed E-state index contributed by atoms with van der Waals surface area (Å²) in [5.74, 6) is 0. The molecule has 3 heteroatoms. The molecule has 0 aromatic heterocycles. The Kier molecular flexibility index (Phi) is 4.15. The van der Waals surface area contributed by atoms with Crippen LogP contribution in [0.15, 0.2) is 30.3 Å². The topological polar surface area (TPSA) is 0 Å². The molecule has 0 spiro atoms. The zero-order chi connectivity index (χ0) is 9.84. The molecule has 2 atom stereocenters. The fraction of sp³-hybridized carbons (Fsp3) is 0.400. The van der Waals surface area contributed by atoms with E-state index in [1.807, 2.05) is 0 Å². The minimum atomic E-state index is -0.318. The Labute approximate surface area is 87.6 Å². The second kappa shape index (κ2) is 4.93. The van der Waals surface area contributed by atoms with Crippen molar-refractivity contribution in [1.82, 2.24) is 0 Å². The lowest BCUT2D eigenvalue weighted by Crippen LogP contribution is -2.36. The molecule has 2 unspecified atom stereocenters. The second-order valence-electron chi connectivity index (χ2n) is 4.30. The number of benzene rings is 1. The van der Waals surface area contributed by atoms with Gasteiger partial charge in [-0.1, -0.05) is 50.3 Å². The molecule has 0 amide bonds. The van der Waals surface area contributed by atoms with E-state index in [-0.39, 0.29) is 16.1 Å². The van der Waals surface area contributed by atoms with Crippen LogP contribution in [0.4, 0.5) is 0 Å². The van der Waals surface area contributed by atoms with E-state index >= 15 is 0 Å². The summed E-state index contributed by atoms with van der Waals surface area (Å²) in [6, 6.07) is 11.1. The lowest BCUT2D eigenvalue weighted by Gasteiger charge is -2.21. The van der Waals surface area contributed by atoms with Gasteiger partial charge in [-0.2, -0.15) is 0 Å². The van der Waals surface area contributed by atoms with Crippen molar-refractivity contribution in [2.24, 2.45) is 0 Å². The molecule has 0 saturated carbocycles. The molecule has 0 N–H and O–H groups in total. The van der Waals surface area contributed by atoms with Crippen LogP contribution >= 0.6 is 0 Å². The average Bonchev–Trinajstić information content (AvgIpc) is 2.17. The van der Waals surface area contributed by atoms with Crippen molar-refractivity contribution in [2.75, 3.05) is 0 Å². The zero-order valence-corrected chi connectivity index (χ0v) is 13.4. The Morgan fingerprint density at radius 3 is 2.15 bits per heavy atom. The standard InChI is InChI=1S/C10H20Si3/c1-9(13(11)12(2)3)10-7-5-4-6-8-10/h4-9,12-13H,1-3,11H3. The lowest BCUT2D eigenvalue weighted by atomic mass is 10.2. The van der Waals surface area contributed by atoms with Gasteiger partial charge in [-0.15, -0.1) is 0 Å². The summed E-state index contributed by atoms with van der Waals surface area (Å²) in [6.45, 7) is 7.51. The largest absolute Gasteiger partial charge is 0.0745 e. The van der Waals surface area contributed by atoms with Crippen molar-refractivity contribution in [3.05, 3.63) is 35.9 Å². The van der Waals surface area contributed by atoms with Crippen LogP contribution in [-0.4, -0.2) is 25.9 Å². The Morgan fingerprint density at radius 2 is 1.69 bits per heavy atom. The highest BCUT2D eigenvalue weighted by Crippen LogP contribution is 2.17. The van der Waals surface area contributed by atoms with Crippen LogP contribution in [0.25, 0.3) is 0 Å². The van der Waals surface area contributed by atoms with Crippen LogP contribution in [0.2, 0.25) is 13.1 Å². The van der Waals surface area contributed by atoms with Gasteiger partial charge in [-0.25, -0.2) is 0 Å². The normalized spacial score (nSPS) is 16.0. The highest BCUT2D eigenvalue weighted by molar-refractivity contribution is 7.41. The third kappa shape index (κ3) is 2.93. The van der Waals surface area contributed by atoms with E-state index < -0.39 is 0 Å². The first kappa shape index (κ1) is 10.9. The van der Waals surface area contributed by atoms with Crippen molar-refractivity contribution >= 4 is 25.9 Å². The molecule has 1 aromatic rings. The van der Waals surface area contributed by atoms with E-state index in [2.05, 4.69) is 50.3 Å². The molecule has 0 bridgehead atoms. The van der Waals surface area contributed by atoms with Crippen molar-refractivity contribution in [2.45, 2.75) is 25.6 Å². The molecule has 1 aromatic carbocycles. The highest BCUT2D eigenvalue weighted by Gasteiger charge is 2.18. The zero-order valence-electron chi connectivity index (χ0n) is 9.12. The highest BCUT2D eigenvalue weighted by atomic mass is 29.6. The number of hydrogen-bond acceptors (Lipinski definition) is 0. The predicted octanol–water partition coefficient (Wildman–Crippen LogP) is 0.984. The van der Waals surface area contributed by atoms with Gasteiger partial charge in [0.15, 0.2) is 0 Å². The minimum Gasteiger partial charge on any atom is -0.0745 e. The van der Waals surface area contributed by atoms with Crippen LogP contribution in [-0.2, 0) is 0 Å². The van der Waals surface area contributed by atoms with Gasteiger partial charge in [0.2, 0.25) is 0 Å². The van der Waals surface area contributed by atoms with Gasteiger partial charge >= 0.3 is 0 Å². The summed E-state index contributed by atoms with van der Waals surface area (Å²) < 4.78 is 0. The van der Waals surface area contributed by atoms with Crippen molar-refractivity contribution < 1.29 is 0 Å². The minimum absolute atomic E-state index is 0.292. The van der Waals surface area contributed by atoms with Crippen LogP contribution in [0.3, 0.4) is 0 Å². The molecule has 0 saturated heterocycles. The predicted molar refractivity (Wildman–Crippen MR) is 70.8 cm³/mol. The molecule has 0 heterocycles. The Bertz CT molecular complexity index is 246. The van der Waals surface area contributed by atoms with E-state index in [4.69, 9.17) is 0 Å². The van der Waals surface area contributed by atoms with E-state index in [1.54, 1.807) is 5.56 Å². The summed E-state index contributed by atoms with van der Waals surface area (Å²) in [7, 11) is 0.883. The van der Waals surface area contributed by atoms with Crippen molar-refractivity contribution in [3.8, 4) is 0 Å². The van der Waals surface area contributed by atoms with Gasteiger partial charge < -0.3 is 0 Å². The smallest absolute Gasteiger partial charge is 0.0209 e. The van der Waals surface area contributed by atoms with Crippen LogP contribution in [0, 0.1) is 0 Å². The van der Waals surface area contributed by atoms with Gasteiger partial charge in [0.25, 0.3) is 0 Å². The molecule has 0 radical (unpaired) electrons. The fourth-order valence-corrected chi connectivity index (χ4v) is 8.91. The third-order valence-corrected chi connectivity index (χ3v) is 30.3. The molecule has 72 valence electrons. The SMILES string of the molecule is CC(c1ccccc1)[SiH]([SiH3])[SiH](C)C. The molecule has 0 aliphatic rings. The molecule has 13 heavy (non-hydrogen) atoms. The summed E-state index contributed by atoms with van der Waals surface area (Å²) in [5, 5.41) is 0. The molecule has 1 rings (SSSR count). The van der Waals surface area contributed by atoms with Crippen molar-refractivity contribution in [1.29, 1.82) is 0 Å². The van der Waals surface area contributed by atoms with Gasteiger partial charge in [0.05, 0.1) is 0 Å². The first-order valence-corrected chi connectivity index (χ1v) is 15.4. The summed E-state index contributed by atoms with van der Waals surface area (Å²) in [5.41, 5.74) is 2.52. The first-order chi connectivity index (χ1) is 6.13. The van der Waals surface area contributed by atoms with Gasteiger partial charge in [-0.3, -0.25) is 0 Å². The molecule has 0 aliphatic carbocycles. The van der Waals surface area contributed by atoms with Crippen LogP contribution in [0.1, 0.15) is 18.0 Å². The summed E-state index contributed by atoms with van der Waals surface area (Å²) >= 11 is 0. The number of hydrogen-bond donors (Lipinski definition) is 0. The van der Waals surface area contributed by atoms with Gasteiger partial charge in [0, 0.05) is 16.1 Å². The number of rotatable bonds is 3. The quantitative estimate of drug-likeness (QED) is 0.672. The summed E-state index contributed by atoms with van der Waals surface area (Å²) in [6.07, 6.45) is 0. The summed E-state index contributed by atoms with van der Waals surface area (Å²) in [4.78, 5) is 0. The maximum absolute atomic E-state index is 2.53. The Balaban J connectivity index is 2.73. The third-order valence-electron chi connectivity index (χ3n) is 3.17. The van der Waals surface area contributed by atoms with E-state index in [1.165, 1.54) is 9.76 Å². The van der Waals surface area contributed by atoms with Gasteiger partial charge in [0.1, 0.15) is 0 Å². The lowest BCUT2D eigenvalue weighted by molar-refractivity contribution is 1.07. The monoisotopic (exact) mass is 224 g/mol. The van der Waals surface area contributed by atoms with E-state index in [9.17, 15) is 0 Å². The van der Waals surface area contributed by atoms with Crippen molar-refractivity contribution in [3.63, 3.8) is 0 Å². The van der Waals surface area contributed by atoms with E-state index in [0.29, 0.717) is 0 Å². The maximum Gasteiger partial charge on any atom is 0.0209 e. The van der Waals surface area contributed by atoms with Gasteiger partial charge in [-0.05, 0) is 20.9 Å². The molecular weight excluding hydrogens is 204 g/mol. The molecule has 0 fully saturated rings. The maximum atomic E-state index is 2.53. The Hall–Kier alpha value is -0.129. The van der Waals surface area contributed by atoms with Crippen LogP contribution < -0.4 is 0 Å². The molecule has 0 nitrogen and oxygen atoms in total. The molecule has 0 aliphatic heterocycles. The first-order valence-electron chi connectivity index (χ1n) is 5.18. The molecular formula is C10H20Si3. The van der Waals surface area contributed by atoms with Crippen LogP contribution in [0.5, 0.6) is 0 Å². The Morgan fingerprint density at radius 1 is 1.15 bits per heavy atom. The second-order valence-corrected chi connectivity index (χ2v) is 24.7. The van der Waals surface area contributed by atoms with E-state index in [0.717, 1.165) is 5.54 Å².